The summed E-state index contributed by atoms with van der Waals surface area (Å²) in [5.41, 5.74) is 1.91. The van der Waals surface area contributed by atoms with Crippen LogP contribution in [0, 0.1) is 15.9 Å². The first kappa shape index (κ1) is 19.0. The van der Waals surface area contributed by atoms with Crippen LogP contribution in [0.4, 0.5) is 15.8 Å². The Morgan fingerprint density at radius 2 is 1.75 bits per heavy atom. The molecule has 0 saturated heterocycles. The van der Waals surface area contributed by atoms with Crippen molar-refractivity contribution in [3.63, 3.8) is 0 Å². The van der Waals surface area contributed by atoms with Crippen LogP contribution in [0.3, 0.4) is 0 Å². The summed E-state index contributed by atoms with van der Waals surface area (Å²) in [5.74, 6) is -0.0399. The maximum absolute atomic E-state index is 13.2. The van der Waals surface area contributed by atoms with Crippen molar-refractivity contribution in [3.05, 3.63) is 99.9 Å². The second-order valence-electron chi connectivity index (χ2n) is 6.09. The summed E-state index contributed by atoms with van der Waals surface area (Å²) in [6.45, 7) is 0.206. The minimum atomic E-state index is -0.487. The number of non-ortho nitro benzene ring substituents is 1. The summed E-state index contributed by atoms with van der Waals surface area (Å²) in [6, 6.07) is 18.9. The summed E-state index contributed by atoms with van der Waals surface area (Å²) in [5, 5.41) is 13.4. The number of halogens is 1. The van der Waals surface area contributed by atoms with Gasteiger partial charge < -0.3 is 10.1 Å². The fourth-order valence-corrected chi connectivity index (χ4v) is 2.58. The second kappa shape index (κ2) is 8.77. The Labute approximate surface area is 160 Å². The van der Waals surface area contributed by atoms with Crippen LogP contribution in [0.2, 0.25) is 0 Å². The predicted molar refractivity (Wildman–Crippen MR) is 103 cm³/mol. The highest BCUT2D eigenvalue weighted by atomic mass is 19.1. The molecule has 0 radical (unpaired) electrons. The average Bonchev–Trinajstić information content (AvgIpc) is 2.67. The molecule has 7 heteroatoms. The van der Waals surface area contributed by atoms with Crippen molar-refractivity contribution < 1.29 is 18.8 Å². The van der Waals surface area contributed by atoms with Gasteiger partial charge in [0.1, 0.15) is 18.2 Å². The van der Waals surface area contributed by atoms with Crippen molar-refractivity contribution in [1.82, 2.24) is 0 Å². The molecule has 28 heavy (non-hydrogen) atoms. The van der Waals surface area contributed by atoms with Crippen molar-refractivity contribution in [2.75, 3.05) is 5.32 Å². The van der Waals surface area contributed by atoms with Gasteiger partial charge in [0.2, 0.25) is 5.91 Å². The summed E-state index contributed by atoms with van der Waals surface area (Å²) >= 11 is 0. The van der Waals surface area contributed by atoms with Crippen LogP contribution in [-0.4, -0.2) is 10.8 Å². The molecular formula is C21H17FN2O4. The van der Waals surface area contributed by atoms with Gasteiger partial charge in [-0.2, -0.15) is 0 Å². The summed E-state index contributed by atoms with van der Waals surface area (Å²) in [7, 11) is 0. The third kappa shape index (κ3) is 5.38. The van der Waals surface area contributed by atoms with Gasteiger partial charge in [0, 0.05) is 23.9 Å². The molecule has 1 N–H and O–H groups in total. The smallest absolute Gasteiger partial charge is 0.269 e. The monoisotopic (exact) mass is 380 g/mol. The molecule has 0 fully saturated rings. The molecule has 6 nitrogen and oxygen atoms in total. The maximum Gasteiger partial charge on any atom is 0.269 e. The van der Waals surface area contributed by atoms with Gasteiger partial charge in [-0.15, -0.1) is 0 Å². The van der Waals surface area contributed by atoms with Gasteiger partial charge in [0.25, 0.3) is 5.69 Å². The van der Waals surface area contributed by atoms with E-state index in [0.717, 1.165) is 0 Å². The van der Waals surface area contributed by atoms with Crippen LogP contribution in [-0.2, 0) is 17.8 Å². The number of hydrogen-bond donors (Lipinski definition) is 1. The number of nitro groups is 1. The predicted octanol–water partition coefficient (Wildman–Crippen LogP) is 4.49. The van der Waals surface area contributed by atoms with Gasteiger partial charge in [-0.05, 0) is 35.4 Å². The standard InChI is InChI=1S/C21H17FN2O4/c22-17-4-1-3-16(11-17)14-28-20-6-2-5-18(13-20)23-21(25)12-15-7-9-19(10-8-15)24(26)27/h1-11,13H,12,14H2,(H,23,25). The first-order chi connectivity index (χ1) is 13.5. The highest BCUT2D eigenvalue weighted by Gasteiger charge is 2.08. The molecule has 0 atom stereocenters. The van der Waals surface area contributed by atoms with Gasteiger partial charge >= 0.3 is 0 Å². The second-order valence-corrected chi connectivity index (χ2v) is 6.09. The minimum Gasteiger partial charge on any atom is -0.489 e. The lowest BCUT2D eigenvalue weighted by Gasteiger charge is -2.09. The topological polar surface area (TPSA) is 81.5 Å². The fourth-order valence-electron chi connectivity index (χ4n) is 2.58. The summed E-state index contributed by atoms with van der Waals surface area (Å²) < 4.78 is 18.8. The molecule has 0 aromatic heterocycles. The molecule has 3 rings (SSSR count). The number of benzene rings is 3. The number of ether oxygens (including phenoxy) is 1. The highest BCUT2D eigenvalue weighted by Crippen LogP contribution is 2.19. The van der Waals surface area contributed by atoms with Crippen molar-refractivity contribution in [3.8, 4) is 5.75 Å². The number of nitrogens with one attached hydrogen (secondary N) is 1. The largest absolute Gasteiger partial charge is 0.489 e. The van der Waals surface area contributed by atoms with Crippen molar-refractivity contribution in [2.45, 2.75) is 13.0 Å². The molecule has 0 saturated carbocycles. The zero-order valence-corrected chi connectivity index (χ0v) is 14.8. The van der Waals surface area contributed by atoms with E-state index in [1.165, 1.54) is 24.3 Å². The zero-order valence-electron chi connectivity index (χ0n) is 14.8. The Morgan fingerprint density at radius 3 is 2.46 bits per heavy atom. The number of hydrogen-bond acceptors (Lipinski definition) is 4. The molecule has 0 unspecified atom stereocenters. The molecular weight excluding hydrogens is 363 g/mol. The van der Waals surface area contributed by atoms with E-state index in [2.05, 4.69) is 5.32 Å². The van der Waals surface area contributed by atoms with Crippen LogP contribution < -0.4 is 10.1 Å². The average molecular weight is 380 g/mol. The first-order valence-corrected chi connectivity index (χ1v) is 8.50. The first-order valence-electron chi connectivity index (χ1n) is 8.50. The van der Waals surface area contributed by atoms with Crippen LogP contribution in [0.25, 0.3) is 0 Å². The van der Waals surface area contributed by atoms with E-state index in [9.17, 15) is 19.3 Å². The van der Waals surface area contributed by atoms with Gasteiger partial charge in [-0.3, -0.25) is 14.9 Å². The summed E-state index contributed by atoms with van der Waals surface area (Å²) in [4.78, 5) is 22.4. The normalized spacial score (nSPS) is 10.3. The molecule has 0 aliphatic heterocycles. The Morgan fingerprint density at radius 1 is 1.00 bits per heavy atom. The quantitative estimate of drug-likeness (QED) is 0.483. The third-order valence-electron chi connectivity index (χ3n) is 3.92. The number of rotatable bonds is 7. The lowest BCUT2D eigenvalue weighted by molar-refractivity contribution is -0.384. The Balaban J connectivity index is 1.57. The number of anilines is 1. The lowest BCUT2D eigenvalue weighted by Crippen LogP contribution is -2.14. The van der Waals surface area contributed by atoms with Gasteiger partial charge in [-0.1, -0.05) is 30.3 Å². The molecule has 0 bridgehead atoms. The Kier molecular flexibility index (Phi) is 5.96. The molecule has 0 aliphatic carbocycles. The van der Waals surface area contributed by atoms with E-state index in [0.29, 0.717) is 22.6 Å². The molecule has 0 aliphatic rings. The molecule has 142 valence electrons. The third-order valence-corrected chi connectivity index (χ3v) is 3.92. The number of nitro benzene ring substituents is 1. The van der Waals surface area contributed by atoms with E-state index in [1.807, 2.05) is 0 Å². The molecule has 3 aromatic rings. The number of nitrogens with zero attached hydrogens (tertiary/aromatic N) is 1. The van der Waals surface area contributed by atoms with Crippen LogP contribution in [0.15, 0.2) is 72.8 Å². The molecule has 1 amide bonds. The van der Waals surface area contributed by atoms with Gasteiger partial charge in [0.05, 0.1) is 11.3 Å². The van der Waals surface area contributed by atoms with E-state index in [-0.39, 0.29) is 30.4 Å². The van der Waals surface area contributed by atoms with E-state index >= 15 is 0 Å². The Hall–Kier alpha value is -3.74. The van der Waals surface area contributed by atoms with Crippen molar-refractivity contribution in [2.24, 2.45) is 0 Å². The van der Waals surface area contributed by atoms with Gasteiger partial charge in [0.15, 0.2) is 0 Å². The van der Waals surface area contributed by atoms with Crippen LogP contribution >= 0.6 is 0 Å². The van der Waals surface area contributed by atoms with E-state index < -0.39 is 4.92 Å². The zero-order chi connectivity index (χ0) is 19.9. The van der Waals surface area contributed by atoms with Crippen molar-refractivity contribution in [1.29, 1.82) is 0 Å². The molecule has 3 aromatic carbocycles. The molecule has 0 heterocycles. The SMILES string of the molecule is O=C(Cc1ccc([N+](=O)[O-])cc1)Nc1cccc(OCc2cccc(F)c2)c1. The van der Waals surface area contributed by atoms with Crippen molar-refractivity contribution >= 4 is 17.3 Å². The lowest BCUT2D eigenvalue weighted by atomic mass is 10.1. The van der Waals surface area contributed by atoms with E-state index in [4.69, 9.17) is 4.74 Å². The fraction of sp³-hybridized carbons (Fsp3) is 0.0952. The number of amides is 1. The number of carbonyl (C=O) groups is 1. The maximum atomic E-state index is 13.2. The van der Waals surface area contributed by atoms with Gasteiger partial charge in [-0.25, -0.2) is 4.39 Å². The van der Waals surface area contributed by atoms with E-state index in [1.54, 1.807) is 48.5 Å². The minimum absolute atomic E-state index is 0.0210. The Bertz CT molecular complexity index is 990. The number of carbonyl (C=O) groups excluding carboxylic acids is 1. The summed E-state index contributed by atoms with van der Waals surface area (Å²) in [6.07, 6.45) is 0.0897. The van der Waals surface area contributed by atoms with Crippen LogP contribution in [0.1, 0.15) is 11.1 Å². The van der Waals surface area contributed by atoms with Crippen LogP contribution in [0.5, 0.6) is 5.75 Å². The highest BCUT2D eigenvalue weighted by molar-refractivity contribution is 5.92. The molecule has 0 spiro atoms.